The van der Waals surface area contributed by atoms with Crippen molar-refractivity contribution in [3.05, 3.63) is 0 Å². The van der Waals surface area contributed by atoms with Crippen molar-refractivity contribution in [1.82, 2.24) is 15.1 Å². The van der Waals surface area contributed by atoms with Gasteiger partial charge in [0.15, 0.2) is 0 Å². The van der Waals surface area contributed by atoms with E-state index in [9.17, 15) is 4.79 Å². The molecule has 0 aromatic rings. The predicted molar refractivity (Wildman–Crippen MR) is 76.6 cm³/mol. The maximum Gasteiger partial charge on any atom is 0.234 e. The fraction of sp³-hybridized carbons (Fsp3) is 0.923. The second-order valence-electron chi connectivity index (χ2n) is 4.95. The Morgan fingerprint density at radius 1 is 1.17 bits per heavy atom. The zero-order valence-corrected chi connectivity index (χ0v) is 12.4. The van der Waals surface area contributed by atoms with E-state index < -0.39 is 0 Å². The summed E-state index contributed by atoms with van der Waals surface area (Å²) in [5, 5.41) is 3.13. The standard InChI is InChI=1S/C13H30N4O/c1-5-8-17(11-10-16(3)4)9-7-12(13(14)18)15-6-2/h12,15H,5-11H2,1-4H3,(H2,14,18). The Kier molecular flexibility index (Phi) is 9.92. The molecule has 0 aliphatic carbocycles. The van der Waals surface area contributed by atoms with Crippen LogP contribution in [0.25, 0.3) is 0 Å². The summed E-state index contributed by atoms with van der Waals surface area (Å²) in [6.45, 7) is 9.03. The molecule has 0 heterocycles. The van der Waals surface area contributed by atoms with E-state index >= 15 is 0 Å². The van der Waals surface area contributed by atoms with Gasteiger partial charge < -0.3 is 20.9 Å². The molecule has 3 N–H and O–H groups in total. The number of nitrogens with one attached hydrogen (secondary N) is 1. The lowest BCUT2D eigenvalue weighted by atomic mass is 10.2. The third kappa shape index (κ3) is 8.44. The van der Waals surface area contributed by atoms with Crippen molar-refractivity contribution >= 4 is 5.91 Å². The lowest BCUT2D eigenvalue weighted by molar-refractivity contribution is -0.120. The SMILES string of the molecule is CCCN(CCC(NCC)C(N)=O)CCN(C)C. The van der Waals surface area contributed by atoms with Crippen LogP contribution in [-0.4, -0.2) is 68.6 Å². The Morgan fingerprint density at radius 2 is 1.83 bits per heavy atom. The minimum atomic E-state index is -0.249. The van der Waals surface area contributed by atoms with E-state index in [1.165, 1.54) is 0 Å². The minimum absolute atomic E-state index is 0.200. The van der Waals surface area contributed by atoms with Crippen molar-refractivity contribution in [2.24, 2.45) is 5.73 Å². The number of hydrogen-bond acceptors (Lipinski definition) is 4. The molecule has 18 heavy (non-hydrogen) atoms. The van der Waals surface area contributed by atoms with Crippen LogP contribution >= 0.6 is 0 Å². The summed E-state index contributed by atoms with van der Waals surface area (Å²) >= 11 is 0. The first kappa shape index (κ1) is 17.4. The Bertz CT molecular complexity index is 221. The van der Waals surface area contributed by atoms with Gasteiger partial charge in [0.2, 0.25) is 5.91 Å². The van der Waals surface area contributed by atoms with Gasteiger partial charge in [-0.25, -0.2) is 0 Å². The summed E-state index contributed by atoms with van der Waals surface area (Å²) in [6.07, 6.45) is 1.92. The zero-order valence-electron chi connectivity index (χ0n) is 12.4. The van der Waals surface area contributed by atoms with Gasteiger partial charge in [-0.1, -0.05) is 13.8 Å². The molecule has 0 saturated carbocycles. The van der Waals surface area contributed by atoms with E-state index in [0.29, 0.717) is 0 Å². The number of amides is 1. The normalized spacial score (nSPS) is 13.2. The van der Waals surface area contributed by atoms with Gasteiger partial charge in [-0.15, -0.1) is 0 Å². The average molecular weight is 258 g/mol. The quantitative estimate of drug-likeness (QED) is 0.552. The number of primary amides is 1. The third-order valence-electron chi connectivity index (χ3n) is 2.93. The van der Waals surface area contributed by atoms with Gasteiger partial charge in [-0.05, 0) is 40.0 Å². The molecule has 0 saturated heterocycles. The number of carbonyl (C=O) groups is 1. The van der Waals surface area contributed by atoms with Crippen molar-refractivity contribution in [3.63, 3.8) is 0 Å². The van der Waals surface area contributed by atoms with Crippen LogP contribution in [0.4, 0.5) is 0 Å². The van der Waals surface area contributed by atoms with E-state index in [4.69, 9.17) is 5.73 Å². The second kappa shape index (κ2) is 10.3. The lowest BCUT2D eigenvalue weighted by Gasteiger charge is -2.25. The van der Waals surface area contributed by atoms with Gasteiger partial charge in [0.25, 0.3) is 0 Å². The predicted octanol–water partition coefficient (Wildman–Crippen LogP) is 0.114. The molecular formula is C13H30N4O. The molecule has 5 nitrogen and oxygen atoms in total. The molecule has 0 aliphatic rings. The van der Waals surface area contributed by atoms with Crippen LogP contribution in [0.3, 0.4) is 0 Å². The fourth-order valence-electron chi connectivity index (χ4n) is 1.90. The highest BCUT2D eigenvalue weighted by molar-refractivity contribution is 5.79. The molecule has 1 atom stereocenters. The molecule has 0 aromatic carbocycles. The van der Waals surface area contributed by atoms with Crippen molar-refractivity contribution in [3.8, 4) is 0 Å². The second-order valence-corrected chi connectivity index (χ2v) is 4.95. The Hall–Kier alpha value is -0.650. The average Bonchev–Trinajstić information content (AvgIpc) is 2.30. The smallest absolute Gasteiger partial charge is 0.234 e. The molecule has 1 unspecified atom stereocenters. The molecule has 0 rings (SSSR count). The molecule has 0 spiro atoms. The van der Waals surface area contributed by atoms with Crippen molar-refractivity contribution < 1.29 is 4.79 Å². The van der Waals surface area contributed by atoms with Crippen LogP contribution in [0, 0.1) is 0 Å². The molecule has 0 aliphatic heterocycles. The number of hydrogen-bond donors (Lipinski definition) is 2. The van der Waals surface area contributed by atoms with E-state index in [1.54, 1.807) is 0 Å². The topological polar surface area (TPSA) is 61.6 Å². The summed E-state index contributed by atoms with van der Waals surface area (Å²) in [5.74, 6) is -0.249. The molecular weight excluding hydrogens is 228 g/mol. The van der Waals surface area contributed by atoms with Crippen LogP contribution in [0.5, 0.6) is 0 Å². The summed E-state index contributed by atoms with van der Waals surface area (Å²) < 4.78 is 0. The van der Waals surface area contributed by atoms with Crippen LogP contribution in [-0.2, 0) is 4.79 Å². The maximum absolute atomic E-state index is 11.3. The number of carbonyl (C=O) groups excluding carboxylic acids is 1. The minimum Gasteiger partial charge on any atom is -0.368 e. The van der Waals surface area contributed by atoms with Gasteiger partial charge in [0, 0.05) is 19.6 Å². The highest BCUT2D eigenvalue weighted by atomic mass is 16.1. The van der Waals surface area contributed by atoms with E-state index in [-0.39, 0.29) is 11.9 Å². The molecule has 0 radical (unpaired) electrons. The molecule has 0 fully saturated rings. The largest absolute Gasteiger partial charge is 0.368 e. The lowest BCUT2D eigenvalue weighted by Crippen LogP contribution is -2.44. The fourth-order valence-corrected chi connectivity index (χ4v) is 1.90. The summed E-state index contributed by atoms with van der Waals surface area (Å²) in [4.78, 5) is 15.8. The van der Waals surface area contributed by atoms with Gasteiger partial charge in [0.1, 0.15) is 0 Å². The summed E-state index contributed by atoms with van der Waals surface area (Å²) in [7, 11) is 4.16. The number of nitrogens with two attached hydrogens (primary N) is 1. The van der Waals surface area contributed by atoms with Crippen molar-refractivity contribution in [2.75, 3.05) is 46.8 Å². The van der Waals surface area contributed by atoms with Gasteiger partial charge in [-0.2, -0.15) is 0 Å². The molecule has 108 valence electrons. The van der Waals surface area contributed by atoms with Crippen molar-refractivity contribution in [1.29, 1.82) is 0 Å². The van der Waals surface area contributed by atoms with Crippen LogP contribution in [0.2, 0.25) is 0 Å². The Balaban J connectivity index is 4.09. The third-order valence-corrected chi connectivity index (χ3v) is 2.93. The van der Waals surface area contributed by atoms with Gasteiger partial charge >= 0.3 is 0 Å². The zero-order chi connectivity index (χ0) is 14.0. The first-order chi connectivity index (χ1) is 8.51. The number of nitrogens with zero attached hydrogens (tertiary/aromatic N) is 2. The monoisotopic (exact) mass is 258 g/mol. The molecule has 0 bridgehead atoms. The first-order valence-electron chi connectivity index (χ1n) is 6.91. The Morgan fingerprint density at radius 3 is 2.28 bits per heavy atom. The maximum atomic E-state index is 11.3. The van der Waals surface area contributed by atoms with E-state index in [0.717, 1.165) is 45.6 Å². The van der Waals surface area contributed by atoms with Gasteiger partial charge in [-0.3, -0.25) is 4.79 Å². The van der Waals surface area contributed by atoms with Crippen LogP contribution in [0.1, 0.15) is 26.7 Å². The highest BCUT2D eigenvalue weighted by Crippen LogP contribution is 1.99. The van der Waals surface area contributed by atoms with E-state index in [2.05, 4.69) is 36.1 Å². The number of likely N-dealkylation sites (N-methyl/N-ethyl adjacent to an activating group) is 2. The molecule has 1 amide bonds. The van der Waals surface area contributed by atoms with Gasteiger partial charge in [0.05, 0.1) is 6.04 Å². The summed E-state index contributed by atoms with van der Waals surface area (Å²) in [6, 6.07) is -0.200. The number of rotatable bonds is 11. The van der Waals surface area contributed by atoms with Crippen LogP contribution < -0.4 is 11.1 Å². The summed E-state index contributed by atoms with van der Waals surface area (Å²) in [5.41, 5.74) is 5.38. The molecule has 0 aromatic heterocycles. The highest BCUT2D eigenvalue weighted by Gasteiger charge is 2.15. The molecule has 5 heteroatoms. The van der Waals surface area contributed by atoms with Crippen LogP contribution in [0.15, 0.2) is 0 Å². The first-order valence-corrected chi connectivity index (χ1v) is 6.91. The van der Waals surface area contributed by atoms with Crippen molar-refractivity contribution in [2.45, 2.75) is 32.7 Å². The van der Waals surface area contributed by atoms with E-state index in [1.807, 2.05) is 6.92 Å². The Labute approximate surface area is 112 Å².